The van der Waals surface area contributed by atoms with Gasteiger partial charge in [-0.05, 0) is 11.6 Å². The predicted molar refractivity (Wildman–Crippen MR) is 137 cm³/mol. The molecule has 2 aliphatic rings. The molecule has 3 aromatic rings. The van der Waals surface area contributed by atoms with Crippen LogP contribution < -0.4 is 10.7 Å². The third-order valence-electron chi connectivity index (χ3n) is 5.39. The van der Waals surface area contributed by atoms with E-state index < -0.39 is 16.5 Å². The molecular weight excluding hydrogens is 520 g/mol. The lowest BCUT2D eigenvalue weighted by Crippen LogP contribution is -2.70. The lowest BCUT2D eigenvalue weighted by Gasteiger charge is -2.49. The average Bonchev–Trinajstić information content (AvgIpc) is 3.17. The van der Waals surface area contributed by atoms with Crippen molar-refractivity contribution < 1.29 is 14.4 Å². The Morgan fingerprint density at radius 1 is 1.15 bits per heavy atom. The number of nitrogens with one attached hydrogen (secondary N) is 1. The molecule has 0 aliphatic carbocycles. The summed E-state index contributed by atoms with van der Waals surface area (Å²) in [4.78, 5) is 52.5. The summed E-state index contributed by atoms with van der Waals surface area (Å²) in [6.45, 7) is 0. The molecule has 1 unspecified atom stereocenters. The van der Waals surface area contributed by atoms with Crippen LogP contribution in [0.25, 0.3) is 15.0 Å². The van der Waals surface area contributed by atoms with Crippen LogP contribution in [0.5, 0.6) is 0 Å². The highest BCUT2D eigenvalue weighted by Gasteiger charge is 2.53. The van der Waals surface area contributed by atoms with Gasteiger partial charge in [0.15, 0.2) is 5.43 Å². The number of carbonyl (C=O) groups is 3. The van der Waals surface area contributed by atoms with Crippen LogP contribution in [0.4, 0.5) is 0 Å². The highest BCUT2D eigenvalue weighted by Crippen LogP contribution is 2.45. The van der Waals surface area contributed by atoms with Gasteiger partial charge in [-0.1, -0.05) is 54.6 Å². The molecule has 1 saturated heterocycles. The van der Waals surface area contributed by atoms with E-state index in [2.05, 4.69) is 17.9 Å². The van der Waals surface area contributed by atoms with Gasteiger partial charge in [0, 0.05) is 22.3 Å². The molecule has 33 heavy (non-hydrogen) atoms. The van der Waals surface area contributed by atoms with Crippen molar-refractivity contribution in [2.45, 2.75) is 17.8 Å². The minimum Gasteiger partial charge on any atom is -0.341 e. The van der Waals surface area contributed by atoms with E-state index in [1.807, 2.05) is 30.3 Å². The molecule has 2 atom stereocenters. The Morgan fingerprint density at radius 2 is 1.91 bits per heavy atom. The average molecular weight is 535 g/mol. The maximum atomic E-state index is 13.0. The van der Waals surface area contributed by atoms with Gasteiger partial charge < -0.3 is 5.32 Å². The molecule has 0 bridgehead atoms. The zero-order valence-electron chi connectivity index (χ0n) is 16.7. The predicted octanol–water partition coefficient (Wildman–Crippen LogP) is 3.79. The van der Waals surface area contributed by atoms with Gasteiger partial charge in [-0.2, -0.15) is 0 Å². The molecule has 0 radical (unpaired) electrons. The number of thioether (sulfide) groups is 1. The summed E-state index contributed by atoms with van der Waals surface area (Å²) in [5.74, 6) is -0.218. The van der Waals surface area contributed by atoms with Crippen molar-refractivity contribution in [1.29, 1.82) is 0 Å². The summed E-state index contributed by atoms with van der Waals surface area (Å²) in [6.07, 6.45) is 0.165. The number of fused-ring (bicyclic) bond motifs is 2. The van der Waals surface area contributed by atoms with Crippen molar-refractivity contribution in [2.75, 3.05) is 5.75 Å². The molecule has 5 rings (SSSR count). The number of halogens is 1. The second-order valence-corrected chi connectivity index (χ2v) is 12.0. The second kappa shape index (κ2) is 8.92. The number of hydrogen-bond donors (Lipinski definition) is 2. The third kappa shape index (κ3) is 4.15. The molecule has 1 aromatic carbocycles. The van der Waals surface area contributed by atoms with Crippen LogP contribution in [0.2, 0.25) is 4.34 Å². The minimum atomic E-state index is -0.715. The Balaban J connectivity index is 1.42. The van der Waals surface area contributed by atoms with Gasteiger partial charge in [0.05, 0.1) is 20.2 Å². The number of β-lactam (4-membered cyclic amide) rings is 1. The third-order valence-corrected chi connectivity index (χ3v) is 9.43. The van der Waals surface area contributed by atoms with Gasteiger partial charge in [-0.3, -0.25) is 24.1 Å². The van der Waals surface area contributed by atoms with Gasteiger partial charge in [-0.25, -0.2) is 0 Å². The van der Waals surface area contributed by atoms with Gasteiger partial charge in [-0.15, -0.1) is 34.4 Å². The van der Waals surface area contributed by atoms with Crippen LogP contribution in [0.15, 0.2) is 53.0 Å². The second-order valence-electron chi connectivity index (χ2n) is 7.48. The van der Waals surface area contributed by atoms with Crippen LogP contribution in [-0.4, -0.2) is 39.0 Å². The van der Waals surface area contributed by atoms with Crippen LogP contribution in [0.3, 0.4) is 0 Å². The van der Waals surface area contributed by atoms with Crippen molar-refractivity contribution in [1.82, 2.24) is 10.2 Å². The van der Waals surface area contributed by atoms with Crippen molar-refractivity contribution in [3.05, 3.63) is 73.2 Å². The monoisotopic (exact) mass is 534 g/mol. The SMILES string of the molecule is O=C(Cc1ccccc1)NC1C(=O)N2C(C(=O)S)=C(c3cc(=O)c4cc(Cl)sc4s3)CS[C@H]12. The van der Waals surface area contributed by atoms with Crippen LogP contribution in [-0.2, 0) is 20.8 Å². The molecule has 0 saturated carbocycles. The molecule has 2 aliphatic heterocycles. The highest BCUT2D eigenvalue weighted by molar-refractivity contribution is 8.00. The number of hydrogen-bond acceptors (Lipinski definition) is 7. The Morgan fingerprint density at radius 3 is 2.64 bits per heavy atom. The molecular formula is C22H15ClN2O4S4. The van der Waals surface area contributed by atoms with E-state index in [9.17, 15) is 19.2 Å². The quantitative estimate of drug-likeness (QED) is 0.384. The smallest absolute Gasteiger partial charge is 0.253 e. The normalized spacial score (nSPS) is 19.9. The number of carbonyl (C=O) groups excluding carboxylic acids is 3. The molecule has 1 N–H and O–H groups in total. The topological polar surface area (TPSA) is 83.6 Å². The molecule has 2 amide bonds. The van der Waals surface area contributed by atoms with E-state index in [0.29, 0.717) is 25.9 Å². The minimum absolute atomic E-state index is 0.165. The van der Waals surface area contributed by atoms with Crippen LogP contribution in [0, 0.1) is 0 Å². The summed E-state index contributed by atoms with van der Waals surface area (Å²) in [7, 11) is 0. The molecule has 0 spiro atoms. The van der Waals surface area contributed by atoms with Crippen LogP contribution >= 0.6 is 58.7 Å². The van der Waals surface area contributed by atoms with Crippen molar-refractivity contribution in [3.63, 3.8) is 0 Å². The number of benzene rings is 1. The summed E-state index contributed by atoms with van der Waals surface area (Å²) in [5.41, 5.74) is 1.42. The van der Waals surface area contributed by atoms with E-state index in [4.69, 9.17) is 11.6 Å². The summed E-state index contributed by atoms with van der Waals surface area (Å²) >= 11 is 14.2. The molecule has 6 nitrogen and oxygen atoms in total. The number of thiol groups is 1. The molecule has 11 heteroatoms. The first-order valence-corrected chi connectivity index (χ1v) is 13.3. The van der Waals surface area contributed by atoms with Gasteiger partial charge >= 0.3 is 0 Å². The first-order valence-electron chi connectivity index (χ1n) is 9.81. The highest BCUT2D eigenvalue weighted by atomic mass is 35.5. The Labute approximate surface area is 211 Å². The van der Waals surface area contributed by atoms with Crippen molar-refractivity contribution in [2.24, 2.45) is 0 Å². The zero-order valence-corrected chi connectivity index (χ0v) is 20.8. The van der Waals surface area contributed by atoms with E-state index in [1.165, 1.54) is 45.4 Å². The zero-order chi connectivity index (χ0) is 23.3. The Bertz CT molecular complexity index is 1400. The summed E-state index contributed by atoms with van der Waals surface area (Å²) in [6, 6.07) is 11.7. The van der Waals surface area contributed by atoms with Crippen molar-refractivity contribution >= 4 is 90.6 Å². The van der Waals surface area contributed by atoms with E-state index in [0.717, 1.165) is 9.58 Å². The largest absolute Gasteiger partial charge is 0.341 e. The van der Waals surface area contributed by atoms with E-state index >= 15 is 0 Å². The van der Waals surface area contributed by atoms with Gasteiger partial charge in [0.25, 0.3) is 5.91 Å². The first-order chi connectivity index (χ1) is 15.8. The Hall–Kier alpha value is -2.11. The number of thiophene rings is 1. The molecule has 4 heterocycles. The molecule has 168 valence electrons. The summed E-state index contributed by atoms with van der Waals surface area (Å²) in [5, 5.41) is 2.38. The number of nitrogens with zero attached hydrogens (tertiary/aromatic N) is 1. The maximum Gasteiger partial charge on any atom is 0.253 e. The van der Waals surface area contributed by atoms with Crippen LogP contribution in [0.1, 0.15) is 10.4 Å². The standard InChI is InChI=1S/C22H15ClN2O4S4/c23-15-7-11-13(26)8-14(32-22(11)33-15)12-9-31-20-17(19(28)25(20)18(12)21(29)30)24-16(27)6-10-4-2-1-3-5-10/h1-5,7-8,17,20H,6,9H2,(H,24,27)(H,29,30)/t17?,20-/m1/s1. The summed E-state index contributed by atoms with van der Waals surface area (Å²) < 4.78 is 1.27. The van der Waals surface area contributed by atoms with E-state index in [-0.39, 0.29) is 29.4 Å². The number of amides is 2. The first kappa shape index (κ1) is 22.7. The van der Waals surface area contributed by atoms with E-state index in [1.54, 1.807) is 6.07 Å². The van der Waals surface area contributed by atoms with Gasteiger partial charge in [0.1, 0.15) is 17.1 Å². The fourth-order valence-corrected chi connectivity index (χ4v) is 8.31. The van der Waals surface area contributed by atoms with Crippen molar-refractivity contribution in [3.8, 4) is 0 Å². The van der Waals surface area contributed by atoms with Gasteiger partial charge in [0.2, 0.25) is 11.0 Å². The molecule has 1 fully saturated rings. The Kier molecular flexibility index (Phi) is 6.13. The maximum absolute atomic E-state index is 13.0. The fraction of sp³-hybridized carbons (Fsp3) is 0.182. The fourth-order valence-electron chi connectivity index (χ4n) is 3.88. The lowest BCUT2D eigenvalue weighted by atomic mass is 10.0. The molecule has 2 aromatic heterocycles. The number of rotatable bonds is 5. The lowest BCUT2D eigenvalue weighted by molar-refractivity contribution is -0.146.